The fourth-order valence-corrected chi connectivity index (χ4v) is 15.1. The maximum atomic E-state index is 15.6. The molecule has 33 nitrogen and oxygen atoms in total. The SMILES string of the molecule is COC(=O)[C@H](Cc1ccc(OCc2cn([C@H]3C[C@@H](C(=O)N[C@@H](Cc4ccc5ccccc5c4)C(=O)N[C@@H](Cc4ccc(O[Si](C)(C)C(C)(C)C)cc4)C(C)=O)N(C(=O)[C@@H](NC(=O)C(C)N(C)C(=O)OC(C)(C)C)C(C)(C)C)C3)nn2)cc1)NC(=O)[C@H](Cc1ccccc1)NC(=O)[C@@H]1C[C@H](N=[N+]=[N-])CN1C(=O)C(NC(=O)C(C)N(C)C(=O)OC(C)(C)C)C(C)(C)C.S.S.S.S.S.S.S.S. The smallest absolute Gasteiger partial charge is 0.410 e. The summed E-state index contributed by atoms with van der Waals surface area (Å²) in [6, 6.07) is 22.0. The number of rotatable bonds is 33. The maximum absolute atomic E-state index is 15.6. The summed E-state index contributed by atoms with van der Waals surface area (Å²) in [5.41, 5.74) is 8.75. The third-order valence-corrected chi connectivity index (χ3v) is 27.0. The van der Waals surface area contributed by atoms with E-state index < -0.39 is 168 Å². The number of ether oxygens (including phenoxy) is 4. The molecule has 2 fully saturated rings. The van der Waals surface area contributed by atoms with Crippen LogP contribution in [0.3, 0.4) is 0 Å². The molecule has 0 spiro atoms. The lowest BCUT2D eigenvalue weighted by Gasteiger charge is -2.37. The van der Waals surface area contributed by atoms with Gasteiger partial charge in [-0.05, 0) is 167 Å². The topological polar surface area (TPSA) is 416 Å². The third kappa shape index (κ3) is 35.2. The molecule has 3 heterocycles. The van der Waals surface area contributed by atoms with Crippen molar-refractivity contribution in [3.8, 4) is 11.5 Å². The monoisotopic (exact) mass is 2010 g/mol. The van der Waals surface area contributed by atoms with E-state index in [9.17, 15) is 48.7 Å². The molecule has 0 radical (unpaired) electrons. The molecule has 2 aliphatic rings. The van der Waals surface area contributed by atoms with Gasteiger partial charge in [-0.3, -0.25) is 53.0 Å². The Morgan fingerprint density at radius 3 is 1.38 bits per heavy atom. The lowest BCUT2D eigenvalue weighted by molar-refractivity contribution is -0.146. The highest BCUT2D eigenvalue weighted by atomic mass is 32.1. The average molecular weight is 2020 g/mol. The number of methoxy groups -OCH3 is 1. The van der Waals surface area contributed by atoms with E-state index in [2.05, 4.69) is 86.1 Å². The first-order valence-corrected chi connectivity index (χ1v) is 45.0. The summed E-state index contributed by atoms with van der Waals surface area (Å²) in [4.78, 5) is 180. The molecule has 8 rings (SSSR count). The van der Waals surface area contributed by atoms with Crippen molar-refractivity contribution in [2.75, 3.05) is 34.3 Å². The molecule has 1 aromatic heterocycles. The van der Waals surface area contributed by atoms with Crippen LogP contribution in [-0.4, -0.2) is 226 Å². The van der Waals surface area contributed by atoms with E-state index in [1.165, 1.54) is 49.3 Å². The molecule has 10 amide bonds. The molecule has 5 aromatic carbocycles. The number of nitrogens with zero attached hydrogens (tertiary/aromatic N) is 10. The molecule has 133 heavy (non-hydrogen) atoms. The summed E-state index contributed by atoms with van der Waals surface area (Å²) >= 11 is 0. The molecule has 2 aliphatic heterocycles. The minimum absolute atomic E-state index is 0. The second-order valence-corrected chi connectivity index (χ2v) is 42.9. The summed E-state index contributed by atoms with van der Waals surface area (Å²) in [7, 11) is 1.76. The zero-order chi connectivity index (χ0) is 92.8. The largest absolute Gasteiger partial charge is 0.544 e. The Morgan fingerprint density at radius 1 is 0.511 bits per heavy atom. The normalized spacial score (nSPS) is 16.5. The molecule has 2 saturated heterocycles. The molecule has 42 heteroatoms. The Labute approximate surface area is 838 Å². The number of Topliss-reactive ketones (excluding diaryl/α,β-unsaturated/α-hetero) is 1. The van der Waals surface area contributed by atoms with E-state index in [-0.39, 0.29) is 177 Å². The van der Waals surface area contributed by atoms with E-state index in [4.69, 9.17) is 23.4 Å². The fourth-order valence-electron chi connectivity index (χ4n) is 14.1. The highest BCUT2D eigenvalue weighted by molar-refractivity contribution is 7.60. The van der Waals surface area contributed by atoms with Crippen LogP contribution in [0.2, 0.25) is 18.1 Å². The van der Waals surface area contributed by atoms with Crippen LogP contribution in [0.1, 0.15) is 171 Å². The van der Waals surface area contributed by atoms with Gasteiger partial charge >= 0.3 is 18.2 Å². The molecule has 3 unspecified atom stereocenters. The van der Waals surface area contributed by atoms with Gasteiger partial charge in [0.1, 0.15) is 89.4 Å². The van der Waals surface area contributed by atoms with Crippen molar-refractivity contribution in [1.82, 2.24) is 66.5 Å². The summed E-state index contributed by atoms with van der Waals surface area (Å²) in [5, 5.41) is 31.7. The van der Waals surface area contributed by atoms with E-state index >= 15 is 14.4 Å². The van der Waals surface area contributed by atoms with Crippen LogP contribution < -0.4 is 41.1 Å². The predicted octanol–water partition coefficient (Wildman–Crippen LogP) is 11.3. The molecule has 0 saturated carbocycles. The Bertz CT molecular complexity index is 4950. The minimum Gasteiger partial charge on any atom is -0.544 e. The van der Waals surface area contributed by atoms with Crippen molar-refractivity contribution in [2.45, 2.75) is 272 Å². The van der Waals surface area contributed by atoms with E-state index in [1.54, 1.807) is 144 Å². The molecular weight excluding hydrogens is 1870 g/mol. The van der Waals surface area contributed by atoms with Crippen LogP contribution in [0.5, 0.6) is 11.5 Å². The van der Waals surface area contributed by atoms with Gasteiger partial charge in [0.2, 0.25) is 55.6 Å². The lowest BCUT2D eigenvalue weighted by atomic mass is 9.85. The number of likely N-dealkylation sites (tertiary alicyclic amines) is 2. The van der Waals surface area contributed by atoms with Gasteiger partial charge in [0.05, 0.1) is 31.4 Å². The number of nitrogens with one attached hydrogen (secondary N) is 6. The summed E-state index contributed by atoms with van der Waals surface area (Å²) in [6.07, 6.45) is -0.271. The zero-order valence-electron chi connectivity index (χ0n) is 80.3. The zero-order valence-corrected chi connectivity index (χ0v) is 89.3. The first-order valence-electron chi connectivity index (χ1n) is 42.1. The number of amides is 10. The van der Waals surface area contributed by atoms with Crippen molar-refractivity contribution < 1.29 is 80.9 Å². The van der Waals surface area contributed by atoms with Crippen molar-refractivity contribution >= 4 is 198 Å². The Morgan fingerprint density at radius 2 is 0.925 bits per heavy atom. The van der Waals surface area contributed by atoms with Gasteiger partial charge in [0, 0.05) is 57.8 Å². The number of benzene rings is 5. The van der Waals surface area contributed by atoms with Gasteiger partial charge < -0.3 is 65.1 Å². The highest BCUT2D eigenvalue weighted by Gasteiger charge is 2.50. The number of esters is 1. The second kappa shape index (κ2) is 52.8. The van der Waals surface area contributed by atoms with E-state index in [0.717, 1.165) is 33.2 Å². The van der Waals surface area contributed by atoms with Gasteiger partial charge in [0.15, 0.2) is 5.78 Å². The number of aromatic nitrogens is 3. The first kappa shape index (κ1) is 124. The van der Waals surface area contributed by atoms with Crippen molar-refractivity contribution in [1.29, 1.82) is 0 Å². The van der Waals surface area contributed by atoms with E-state index in [0.29, 0.717) is 33.9 Å². The highest BCUT2D eigenvalue weighted by Crippen LogP contribution is 2.38. The van der Waals surface area contributed by atoms with Crippen LogP contribution in [-0.2, 0) is 94.4 Å². The van der Waals surface area contributed by atoms with Crippen LogP contribution in [0.25, 0.3) is 21.2 Å². The van der Waals surface area contributed by atoms with Crippen molar-refractivity contribution in [3.63, 3.8) is 0 Å². The Balaban J connectivity index is 0.0000218. The number of ketones is 1. The summed E-state index contributed by atoms with van der Waals surface area (Å²) in [5.74, 6) is -5.80. The molecule has 6 aromatic rings. The number of likely N-dealkylation sites (N-methyl/N-ethyl adjacent to an activating group) is 2. The molecule has 6 N–H and O–H groups in total. The van der Waals surface area contributed by atoms with Crippen LogP contribution in [0.4, 0.5) is 9.59 Å². The number of carbonyl (C=O) groups is 12. The molecule has 740 valence electrons. The van der Waals surface area contributed by atoms with Gasteiger partial charge in [-0.2, -0.15) is 108 Å². The number of hydrogen-bond acceptors (Lipinski definition) is 20. The Kier molecular flexibility index (Phi) is 49.2. The average Bonchev–Trinajstić information content (AvgIpc) is 1.66. The number of hydrogen-bond donors (Lipinski definition) is 6. The number of azide groups is 1. The van der Waals surface area contributed by atoms with Crippen molar-refractivity contribution in [2.24, 2.45) is 15.9 Å². The molecule has 0 aliphatic carbocycles. The fraction of sp³-hybridized carbons (Fsp3) is 0.538. The van der Waals surface area contributed by atoms with Gasteiger partial charge in [-0.15, -0.1) is 5.10 Å². The van der Waals surface area contributed by atoms with E-state index in [1.807, 2.05) is 66.7 Å². The molecular formula is C91H142N16O17S8Si. The molecule has 12 atom stereocenters. The first-order chi connectivity index (χ1) is 58.2. The number of fused-ring (bicyclic) bond motifs is 1. The quantitative estimate of drug-likeness (QED) is 0.00556. The summed E-state index contributed by atoms with van der Waals surface area (Å²) < 4.78 is 30.5. The van der Waals surface area contributed by atoms with Crippen LogP contribution >= 0.6 is 108 Å². The van der Waals surface area contributed by atoms with Gasteiger partial charge in [0.25, 0.3) is 0 Å². The Hall–Kier alpha value is -9.13. The van der Waals surface area contributed by atoms with Crippen molar-refractivity contribution in [3.05, 3.63) is 166 Å². The second-order valence-electron chi connectivity index (χ2n) is 38.1. The standard InChI is InChI=1S/C91H126N16O17Si.8H2S/c1-54(103(19)85(118)122-89(10,11)12)76(109)97-74(87(4,5)6)82(115)105-50-63(99-101-92)48-72(105)80(113)94-69(45-57-29-25-24-26-30-57)79(112)96-71(84(117)120-21)46-59-34-39-66(40-35-59)121-53-64-51-107(102-100-64)65-49-73(106(52-65)83(116)75(88(7,8)9)98-77(110)55(2)104(20)86(119)123-90(13,14)15)81(114)95-70(47-60-33-38-61-31-27-28-32-62(61)43-60)78(111)93-68(56(3)108)44-58-36-41-67(42-37-58)124-125(22,23)91(16,17)18;;;;;;;;/h24-43,51,54-55,63,65,68-75H,44-50,52-53H2,1-23H3,(H,93,111)(H,94,113)(H,95,114)(H,96,112)(H,97,109)(H,98,110);8*1H2/t54?,55?,63-,65-,68-,69-,70-,71-,72-,73-,74?,75+;;;;;;;;/m0......../s1. The van der Waals surface area contributed by atoms with Crippen LogP contribution in [0, 0.1) is 10.8 Å². The van der Waals surface area contributed by atoms with Gasteiger partial charge in [-0.1, -0.05) is 170 Å². The minimum atomic E-state index is -2.19. The predicted molar refractivity (Wildman–Crippen MR) is 556 cm³/mol. The number of carbonyl (C=O) groups excluding carboxylic acids is 12. The maximum Gasteiger partial charge on any atom is 0.410 e. The lowest BCUT2D eigenvalue weighted by Crippen LogP contribution is -2.61. The van der Waals surface area contributed by atoms with Gasteiger partial charge in [-0.25, -0.2) is 19.1 Å². The summed E-state index contributed by atoms with van der Waals surface area (Å²) in [6.45, 7) is 35.1. The third-order valence-electron chi connectivity index (χ3n) is 22.7. The molecule has 0 bridgehead atoms. The van der Waals surface area contributed by atoms with Crippen LogP contribution in [0.15, 0.2) is 133 Å².